The number of amides is 1. The molecule has 2 N–H and O–H groups in total. The molecule has 0 bridgehead atoms. The first kappa shape index (κ1) is 17.8. The summed E-state index contributed by atoms with van der Waals surface area (Å²) in [5.74, 6) is -0.0209. The highest BCUT2D eigenvalue weighted by molar-refractivity contribution is 5.93. The fourth-order valence-corrected chi connectivity index (χ4v) is 2.93. The molecule has 7 nitrogen and oxygen atoms in total. The Morgan fingerprint density at radius 3 is 2.58 bits per heavy atom. The second kappa shape index (κ2) is 8.42. The topological polar surface area (TPSA) is 93.2 Å². The molecule has 1 aromatic heterocycles. The second-order valence-corrected chi connectivity index (χ2v) is 6.17. The van der Waals surface area contributed by atoms with Gasteiger partial charge in [0.25, 0.3) is 5.91 Å². The van der Waals surface area contributed by atoms with Crippen LogP contribution in [0.3, 0.4) is 0 Å². The van der Waals surface area contributed by atoms with Crippen molar-refractivity contribution in [3.63, 3.8) is 0 Å². The van der Waals surface area contributed by atoms with Crippen molar-refractivity contribution in [3.05, 3.63) is 47.9 Å². The van der Waals surface area contributed by atoms with E-state index in [1.807, 2.05) is 0 Å². The van der Waals surface area contributed by atoms with Gasteiger partial charge >= 0.3 is 5.97 Å². The molecule has 0 atom stereocenters. The molecule has 2 aromatic rings. The van der Waals surface area contributed by atoms with Crippen LogP contribution in [0.4, 0.5) is 11.5 Å². The number of nitrogens with one attached hydrogen (secondary N) is 2. The van der Waals surface area contributed by atoms with E-state index in [1.165, 1.54) is 6.33 Å². The second-order valence-electron chi connectivity index (χ2n) is 6.17. The standard InChI is InChI=1S/C19H22N4O3/c1-2-26-19(25)13-7-9-15(10-8-13)22-17-11-16(20-12-21-17)18(24)23-14-5-3-4-6-14/h7-12,14H,2-6H2,1H3,(H,23,24)(H,20,21,22). The van der Waals surface area contributed by atoms with Crippen LogP contribution >= 0.6 is 0 Å². The summed E-state index contributed by atoms with van der Waals surface area (Å²) in [6, 6.07) is 8.72. The van der Waals surface area contributed by atoms with Gasteiger partial charge in [0.05, 0.1) is 12.2 Å². The Bertz CT molecular complexity index is 771. The minimum absolute atomic E-state index is 0.181. The molecule has 1 amide bonds. The smallest absolute Gasteiger partial charge is 0.338 e. The van der Waals surface area contributed by atoms with E-state index in [4.69, 9.17) is 4.74 Å². The summed E-state index contributed by atoms with van der Waals surface area (Å²) in [5.41, 5.74) is 1.56. The van der Waals surface area contributed by atoms with Crippen LogP contribution in [0.5, 0.6) is 0 Å². The van der Waals surface area contributed by atoms with Crippen LogP contribution in [0.1, 0.15) is 53.5 Å². The lowest BCUT2D eigenvalue weighted by Crippen LogP contribution is -2.33. The van der Waals surface area contributed by atoms with E-state index in [1.54, 1.807) is 37.3 Å². The molecule has 0 aliphatic heterocycles. The monoisotopic (exact) mass is 354 g/mol. The largest absolute Gasteiger partial charge is 0.462 e. The maximum atomic E-state index is 12.3. The van der Waals surface area contributed by atoms with Gasteiger partial charge in [-0.15, -0.1) is 0 Å². The van der Waals surface area contributed by atoms with Gasteiger partial charge in [0.15, 0.2) is 0 Å². The number of esters is 1. The fraction of sp³-hybridized carbons (Fsp3) is 0.368. The minimum Gasteiger partial charge on any atom is -0.462 e. The van der Waals surface area contributed by atoms with Crippen LogP contribution in [0, 0.1) is 0 Å². The molecule has 1 heterocycles. The Kier molecular flexibility index (Phi) is 5.78. The lowest BCUT2D eigenvalue weighted by atomic mass is 10.2. The van der Waals surface area contributed by atoms with Crippen molar-refractivity contribution in [2.24, 2.45) is 0 Å². The van der Waals surface area contributed by atoms with E-state index < -0.39 is 0 Å². The highest BCUT2D eigenvalue weighted by atomic mass is 16.5. The molecule has 1 fully saturated rings. The lowest BCUT2D eigenvalue weighted by Gasteiger charge is -2.12. The van der Waals surface area contributed by atoms with E-state index in [9.17, 15) is 9.59 Å². The summed E-state index contributed by atoms with van der Waals surface area (Å²) >= 11 is 0. The van der Waals surface area contributed by atoms with Gasteiger partial charge < -0.3 is 15.4 Å². The molecule has 3 rings (SSSR count). The van der Waals surface area contributed by atoms with E-state index in [0.717, 1.165) is 31.4 Å². The molecule has 0 radical (unpaired) electrons. The molecule has 136 valence electrons. The number of ether oxygens (including phenoxy) is 1. The number of benzene rings is 1. The molecule has 0 unspecified atom stereocenters. The molecule has 1 aromatic carbocycles. The number of rotatable bonds is 6. The Hall–Kier alpha value is -2.96. The number of carbonyl (C=O) groups is 2. The molecule has 26 heavy (non-hydrogen) atoms. The highest BCUT2D eigenvalue weighted by Crippen LogP contribution is 2.19. The zero-order valence-corrected chi connectivity index (χ0v) is 14.7. The summed E-state index contributed by atoms with van der Waals surface area (Å²) in [6.45, 7) is 2.11. The van der Waals surface area contributed by atoms with E-state index in [0.29, 0.717) is 23.7 Å². The first-order chi connectivity index (χ1) is 12.7. The van der Waals surface area contributed by atoms with Gasteiger partial charge in [-0.3, -0.25) is 4.79 Å². The molecule has 1 saturated carbocycles. The van der Waals surface area contributed by atoms with Gasteiger partial charge in [-0.25, -0.2) is 14.8 Å². The van der Waals surface area contributed by atoms with Gasteiger partial charge in [-0.2, -0.15) is 0 Å². The SMILES string of the molecule is CCOC(=O)c1ccc(Nc2cc(C(=O)NC3CCCC3)ncn2)cc1. The van der Waals surface area contributed by atoms with Crippen molar-refractivity contribution < 1.29 is 14.3 Å². The lowest BCUT2D eigenvalue weighted by molar-refractivity contribution is 0.0526. The first-order valence-corrected chi connectivity index (χ1v) is 8.83. The zero-order valence-electron chi connectivity index (χ0n) is 14.7. The first-order valence-electron chi connectivity index (χ1n) is 8.83. The van der Waals surface area contributed by atoms with E-state index in [2.05, 4.69) is 20.6 Å². The van der Waals surface area contributed by atoms with Crippen molar-refractivity contribution in [2.45, 2.75) is 38.6 Å². The van der Waals surface area contributed by atoms with Crippen molar-refractivity contribution in [2.75, 3.05) is 11.9 Å². The van der Waals surface area contributed by atoms with Gasteiger partial charge in [-0.1, -0.05) is 12.8 Å². The molecule has 1 aliphatic carbocycles. The summed E-state index contributed by atoms with van der Waals surface area (Å²) in [4.78, 5) is 32.2. The maximum absolute atomic E-state index is 12.3. The molecule has 7 heteroatoms. The van der Waals surface area contributed by atoms with Crippen molar-refractivity contribution in [1.82, 2.24) is 15.3 Å². The Balaban J connectivity index is 1.64. The average molecular weight is 354 g/mol. The number of nitrogens with zero attached hydrogens (tertiary/aromatic N) is 2. The normalized spacial score (nSPS) is 14.0. The molecule has 0 spiro atoms. The molecule has 0 saturated heterocycles. The summed E-state index contributed by atoms with van der Waals surface area (Å²) in [7, 11) is 0. The van der Waals surface area contributed by atoms with Crippen molar-refractivity contribution in [1.29, 1.82) is 0 Å². The Morgan fingerprint density at radius 2 is 1.88 bits per heavy atom. The molecular weight excluding hydrogens is 332 g/mol. The van der Waals surface area contributed by atoms with Crippen molar-refractivity contribution >= 4 is 23.4 Å². The number of anilines is 2. The third-order valence-electron chi connectivity index (χ3n) is 4.26. The molecular formula is C19H22N4O3. The number of aromatic nitrogens is 2. The van der Waals surface area contributed by atoms with Crippen LogP contribution in [0.15, 0.2) is 36.7 Å². The predicted octanol–water partition coefficient (Wildman–Crippen LogP) is 3.07. The fourth-order valence-electron chi connectivity index (χ4n) is 2.93. The van der Waals surface area contributed by atoms with E-state index >= 15 is 0 Å². The van der Waals surface area contributed by atoms with E-state index in [-0.39, 0.29) is 17.9 Å². The summed E-state index contributed by atoms with van der Waals surface area (Å²) in [5, 5.41) is 6.12. The zero-order chi connectivity index (χ0) is 18.4. The quantitative estimate of drug-likeness (QED) is 0.775. The van der Waals surface area contributed by atoms with Gasteiger partial charge in [0.2, 0.25) is 0 Å². The summed E-state index contributed by atoms with van der Waals surface area (Å²) in [6.07, 6.45) is 5.72. The highest BCUT2D eigenvalue weighted by Gasteiger charge is 2.19. The molecule has 1 aliphatic rings. The van der Waals surface area contributed by atoms with Gasteiger partial charge in [-0.05, 0) is 44.0 Å². The number of hydrogen-bond donors (Lipinski definition) is 2. The van der Waals surface area contributed by atoms with Gasteiger partial charge in [0.1, 0.15) is 17.8 Å². The maximum Gasteiger partial charge on any atom is 0.338 e. The Labute approximate surface area is 152 Å². The van der Waals surface area contributed by atoms with Crippen LogP contribution in [0.25, 0.3) is 0 Å². The minimum atomic E-state index is -0.355. The van der Waals surface area contributed by atoms with Crippen LogP contribution in [-0.4, -0.2) is 34.5 Å². The van der Waals surface area contributed by atoms with Gasteiger partial charge in [0, 0.05) is 17.8 Å². The third kappa shape index (κ3) is 4.56. The number of carbonyl (C=O) groups excluding carboxylic acids is 2. The van der Waals surface area contributed by atoms with Crippen LogP contribution in [-0.2, 0) is 4.74 Å². The number of hydrogen-bond acceptors (Lipinski definition) is 6. The van der Waals surface area contributed by atoms with Crippen LogP contribution < -0.4 is 10.6 Å². The van der Waals surface area contributed by atoms with Crippen LogP contribution in [0.2, 0.25) is 0 Å². The predicted molar refractivity (Wildman–Crippen MR) is 97.4 cm³/mol. The third-order valence-corrected chi connectivity index (χ3v) is 4.26. The van der Waals surface area contributed by atoms with Crippen molar-refractivity contribution in [3.8, 4) is 0 Å². The average Bonchev–Trinajstić information content (AvgIpc) is 3.16. The summed E-state index contributed by atoms with van der Waals surface area (Å²) < 4.78 is 4.96. The Morgan fingerprint density at radius 1 is 1.15 bits per heavy atom.